The molecule has 0 atom stereocenters. The average Bonchev–Trinajstić information content (AvgIpc) is 2.46. The van der Waals surface area contributed by atoms with E-state index in [9.17, 15) is 4.79 Å². The number of nitrogens with one attached hydrogen (secondary N) is 1. The maximum Gasteiger partial charge on any atom is 0.317 e. The van der Waals surface area contributed by atoms with E-state index in [1.54, 1.807) is 0 Å². The van der Waals surface area contributed by atoms with Crippen LogP contribution in [0.15, 0.2) is 24.3 Å². The third-order valence-electron chi connectivity index (χ3n) is 3.72. The molecule has 1 saturated heterocycles. The second-order valence-corrected chi connectivity index (χ2v) is 5.30. The van der Waals surface area contributed by atoms with Crippen LogP contribution in [-0.2, 0) is 13.2 Å². The van der Waals surface area contributed by atoms with Crippen LogP contribution in [0.2, 0.25) is 0 Å². The summed E-state index contributed by atoms with van der Waals surface area (Å²) in [5.41, 5.74) is 1.94. The molecule has 0 bridgehead atoms. The molecule has 1 heterocycles. The van der Waals surface area contributed by atoms with E-state index in [2.05, 4.69) is 12.2 Å². The Kier molecular flexibility index (Phi) is 4.80. The highest BCUT2D eigenvalue weighted by Crippen LogP contribution is 2.15. The van der Waals surface area contributed by atoms with Crippen molar-refractivity contribution in [3.63, 3.8) is 0 Å². The number of carbonyl (C=O) groups excluding carboxylic acids is 1. The van der Waals surface area contributed by atoms with Gasteiger partial charge in [0.15, 0.2) is 0 Å². The zero-order chi connectivity index (χ0) is 13.7. The van der Waals surface area contributed by atoms with Gasteiger partial charge in [-0.3, -0.25) is 0 Å². The third kappa shape index (κ3) is 3.96. The van der Waals surface area contributed by atoms with E-state index < -0.39 is 0 Å². The van der Waals surface area contributed by atoms with Gasteiger partial charge in [-0.1, -0.05) is 31.2 Å². The monoisotopic (exact) mass is 262 g/mol. The number of rotatable bonds is 3. The summed E-state index contributed by atoms with van der Waals surface area (Å²) in [6.45, 7) is 4.54. The predicted molar refractivity (Wildman–Crippen MR) is 74.6 cm³/mol. The van der Waals surface area contributed by atoms with Gasteiger partial charge < -0.3 is 15.3 Å². The summed E-state index contributed by atoms with van der Waals surface area (Å²) >= 11 is 0. The molecule has 1 aliphatic rings. The van der Waals surface area contributed by atoms with Gasteiger partial charge in [-0.05, 0) is 29.9 Å². The van der Waals surface area contributed by atoms with Gasteiger partial charge in [0.1, 0.15) is 0 Å². The van der Waals surface area contributed by atoms with E-state index in [0.717, 1.165) is 43.0 Å². The number of piperidine rings is 1. The first kappa shape index (κ1) is 13.9. The van der Waals surface area contributed by atoms with E-state index in [-0.39, 0.29) is 12.6 Å². The van der Waals surface area contributed by atoms with E-state index in [1.807, 2.05) is 29.2 Å². The van der Waals surface area contributed by atoms with E-state index >= 15 is 0 Å². The molecule has 1 aromatic rings. The zero-order valence-electron chi connectivity index (χ0n) is 11.4. The van der Waals surface area contributed by atoms with Crippen LogP contribution in [0.5, 0.6) is 0 Å². The number of likely N-dealkylation sites (tertiary alicyclic amines) is 1. The Balaban J connectivity index is 1.79. The molecule has 1 fully saturated rings. The Morgan fingerprint density at radius 1 is 1.26 bits per heavy atom. The maximum absolute atomic E-state index is 12.0. The van der Waals surface area contributed by atoms with Crippen LogP contribution in [0.25, 0.3) is 0 Å². The third-order valence-corrected chi connectivity index (χ3v) is 3.72. The predicted octanol–water partition coefficient (Wildman–Crippen LogP) is 2.12. The van der Waals surface area contributed by atoms with Crippen molar-refractivity contribution in [2.24, 2.45) is 5.92 Å². The zero-order valence-corrected chi connectivity index (χ0v) is 11.4. The van der Waals surface area contributed by atoms with Gasteiger partial charge in [0.2, 0.25) is 0 Å². The fourth-order valence-electron chi connectivity index (χ4n) is 2.26. The lowest BCUT2D eigenvalue weighted by Crippen LogP contribution is -2.43. The topological polar surface area (TPSA) is 52.6 Å². The largest absolute Gasteiger partial charge is 0.392 e. The summed E-state index contributed by atoms with van der Waals surface area (Å²) in [5.74, 6) is 0.732. The summed E-state index contributed by atoms with van der Waals surface area (Å²) in [6, 6.07) is 7.65. The molecular weight excluding hydrogens is 240 g/mol. The molecule has 0 saturated carbocycles. The lowest BCUT2D eigenvalue weighted by Gasteiger charge is -2.30. The van der Waals surface area contributed by atoms with E-state index in [1.165, 1.54) is 0 Å². The molecule has 1 aliphatic heterocycles. The summed E-state index contributed by atoms with van der Waals surface area (Å²) in [6.07, 6.45) is 2.19. The highest BCUT2D eigenvalue weighted by molar-refractivity contribution is 5.74. The average molecular weight is 262 g/mol. The lowest BCUT2D eigenvalue weighted by atomic mass is 10.00. The van der Waals surface area contributed by atoms with Crippen molar-refractivity contribution in [1.82, 2.24) is 10.2 Å². The minimum absolute atomic E-state index is 0.0261. The van der Waals surface area contributed by atoms with Crippen LogP contribution in [0, 0.1) is 5.92 Å². The molecule has 0 aromatic heterocycles. The van der Waals surface area contributed by atoms with Gasteiger partial charge in [-0.2, -0.15) is 0 Å². The molecule has 4 heteroatoms. The number of aliphatic hydroxyl groups excluding tert-OH is 1. The Hall–Kier alpha value is -1.55. The van der Waals surface area contributed by atoms with Crippen molar-refractivity contribution < 1.29 is 9.90 Å². The molecule has 2 amide bonds. The number of nitrogens with zero attached hydrogens (tertiary/aromatic N) is 1. The quantitative estimate of drug-likeness (QED) is 0.876. The minimum Gasteiger partial charge on any atom is -0.392 e. The van der Waals surface area contributed by atoms with Crippen LogP contribution in [-0.4, -0.2) is 29.1 Å². The number of urea groups is 1. The van der Waals surface area contributed by atoms with Crippen LogP contribution in [0.4, 0.5) is 4.79 Å². The molecule has 0 aliphatic carbocycles. The highest BCUT2D eigenvalue weighted by Gasteiger charge is 2.19. The van der Waals surface area contributed by atoms with Gasteiger partial charge in [0.25, 0.3) is 0 Å². The first-order valence-corrected chi connectivity index (χ1v) is 6.90. The number of hydrogen-bond donors (Lipinski definition) is 2. The summed E-state index contributed by atoms with van der Waals surface area (Å²) in [4.78, 5) is 13.9. The number of aliphatic hydroxyl groups is 1. The second kappa shape index (κ2) is 6.57. The van der Waals surface area contributed by atoms with Crippen LogP contribution >= 0.6 is 0 Å². The molecular formula is C15H22N2O2. The Morgan fingerprint density at radius 3 is 2.42 bits per heavy atom. The van der Waals surface area contributed by atoms with Gasteiger partial charge in [0.05, 0.1) is 6.61 Å². The summed E-state index contributed by atoms with van der Waals surface area (Å²) < 4.78 is 0. The second-order valence-electron chi connectivity index (χ2n) is 5.30. The smallest absolute Gasteiger partial charge is 0.317 e. The van der Waals surface area contributed by atoms with Crippen molar-refractivity contribution in [2.45, 2.75) is 32.9 Å². The van der Waals surface area contributed by atoms with Gasteiger partial charge in [0, 0.05) is 19.6 Å². The highest BCUT2D eigenvalue weighted by atomic mass is 16.3. The molecule has 19 heavy (non-hydrogen) atoms. The summed E-state index contributed by atoms with van der Waals surface area (Å²) in [5, 5.41) is 11.9. The molecule has 1 aromatic carbocycles. The van der Waals surface area contributed by atoms with Gasteiger partial charge in [-0.25, -0.2) is 4.79 Å². The van der Waals surface area contributed by atoms with Gasteiger partial charge >= 0.3 is 6.03 Å². The van der Waals surface area contributed by atoms with Crippen LogP contribution in [0.3, 0.4) is 0 Å². The first-order valence-electron chi connectivity index (χ1n) is 6.90. The Labute approximate surface area is 114 Å². The van der Waals surface area contributed by atoms with Crippen molar-refractivity contribution in [1.29, 1.82) is 0 Å². The standard InChI is InChI=1S/C15H22N2O2/c1-12-6-8-17(9-7-12)15(19)16-10-13-2-4-14(11-18)5-3-13/h2-5,12,18H,6-11H2,1H3,(H,16,19). The lowest BCUT2D eigenvalue weighted by molar-refractivity contribution is 0.173. The molecule has 0 radical (unpaired) electrons. The molecule has 0 unspecified atom stereocenters. The Bertz CT molecular complexity index is 409. The van der Waals surface area contributed by atoms with Crippen molar-refractivity contribution >= 4 is 6.03 Å². The molecule has 104 valence electrons. The van der Waals surface area contributed by atoms with E-state index in [4.69, 9.17) is 5.11 Å². The summed E-state index contributed by atoms with van der Waals surface area (Å²) in [7, 11) is 0. The number of carbonyl (C=O) groups is 1. The minimum atomic E-state index is 0.0261. The van der Waals surface area contributed by atoms with Crippen molar-refractivity contribution in [3.8, 4) is 0 Å². The normalized spacial score (nSPS) is 16.4. The SMILES string of the molecule is CC1CCN(C(=O)NCc2ccc(CO)cc2)CC1. The number of hydrogen-bond acceptors (Lipinski definition) is 2. The molecule has 4 nitrogen and oxygen atoms in total. The fourth-order valence-corrected chi connectivity index (χ4v) is 2.26. The number of benzene rings is 1. The van der Waals surface area contributed by atoms with Gasteiger partial charge in [-0.15, -0.1) is 0 Å². The molecule has 2 N–H and O–H groups in total. The van der Waals surface area contributed by atoms with Crippen molar-refractivity contribution in [2.75, 3.05) is 13.1 Å². The molecule has 2 rings (SSSR count). The van der Waals surface area contributed by atoms with Crippen LogP contribution in [0.1, 0.15) is 30.9 Å². The maximum atomic E-state index is 12.0. The molecule has 0 spiro atoms. The Morgan fingerprint density at radius 2 is 1.84 bits per heavy atom. The van der Waals surface area contributed by atoms with Crippen molar-refractivity contribution in [3.05, 3.63) is 35.4 Å². The van der Waals surface area contributed by atoms with Crippen LogP contribution < -0.4 is 5.32 Å². The van der Waals surface area contributed by atoms with E-state index in [0.29, 0.717) is 6.54 Å². The number of amides is 2. The fraction of sp³-hybridized carbons (Fsp3) is 0.533. The first-order chi connectivity index (χ1) is 9.19.